The number of nitrogens with two attached hydrogens (primary N) is 1. The number of hydrogen-bond acceptors (Lipinski definition) is 6. The van der Waals surface area contributed by atoms with Gasteiger partial charge < -0.3 is 20.0 Å². The summed E-state index contributed by atoms with van der Waals surface area (Å²) in [5, 5.41) is 2.50. The van der Waals surface area contributed by atoms with E-state index in [1.165, 1.54) is 18.2 Å². The van der Waals surface area contributed by atoms with Gasteiger partial charge in [0.25, 0.3) is 0 Å². The molecule has 0 aromatic heterocycles. The molecule has 1 aromatic carbocycles. The third kappa shape index (κ3) is 6.80. The Balaban J connectivity index is 2.66. The van der Waals surface area contributed by atoms with Crippen molar-refractivity contribution in [1.82, 2.24) is 5.32 Å². The Kier molecular flexibility index (Phi) is 5.00. The maximum absolute atomic E-state index is 12.4. The summed E-state index contributed by atoms with van der Waals surface area (Å²) in [5.41, 5.74) is 5.42. The van der Waals surface area contributed by atoms with Crippen LogP contribution in [0.25, 0.3) is 0 Å². The summed E-state index contributed by atoms with van der Waals surface area (Å²) in [5.74, 6) is -0.321. The van der Waals surface area contributed by atoms with Crippen LogP contribution in [0.15, 0.2) is 18.2 Å². The SMILES string of the molecule is CC(C)(C)OC(=O)NCc1ccc(OS(=O)(=O)F)c(N)c1. The van der Waals surface area contributed by atoms with Crippen molar-refractivity contribution in [3.05, 3.63) is 23.8 Å². The summed E-state index contributed by atoms with van der Waals surface area (Å²) >= 11 is 0. The van der Waals surface area contributed by atoms with E-state index in [4.69, 9.17) is 10.5 Å². The highest BCUT2D eigenvalue weighted by Gasteiger charge is 2.16. The zero-order chi connectivity index (χ0) is 16.3. The lowest BCUT2D eigenvalue weighted by Gasteiger charge is -2.19. The van der Waals surface area contributed by atoms with Gasteiger partial charge in [-0.1, -0.05) is 9.95 Å². The van der Waals surface area contributed by atoms with Crippen molar-refractivity contribution >= 4 is 22.3 Å². The van der Waals surface area contributed by atoms with Crippen LogP contribution in [0.4, 0.5) is 14.4 Å². The van der Waals surface area contributed by atoms with E-state index in [1.807, 2.05) is 0 Å². The zero-order valence-corrected chi connectivity index (χ0v) is 12.7. The summed E-state index contributed by atoms with van der Waals surface area (Å²) in [4.78, 5) is 11.5. The first-order valence-electron chi connectivity index (χ1n) is 5.95. The lowest BCUT2D eigenvalue weighted by atomic mass is 10.2. The standard InChI is InChI=1S/C12H17FN2O5S/c1-12(2,3)19-11(16)15-7-8-4-5-10(9(14)6-8)20-21(13,17)18/h4-6H,7,14H2,1-3H3,(H,15,16). The molecule has 0 atom stereocenters. The first kappa shape index (κ1) is 17.0. The van der Waals surface area contributed by atoms with E-state index in [1.54, 1.807) is 20.8 Å². The van der Waals surface area contributed by atoms with Crippen LogP contribution in [0.5, 0.6) is 5.75 Å². The molecule has 0 radical (unpaired) electrons. The first-order valence-corrected chi connectivity index (χ1v) is 7.26. The van der Waals surface area contributed by atoms with Crippen molar-refractivity contribution < 1.29 is 26.0 Å². The van der Waals surface area contributed by atoms with Crippen LogP contribution >= 0.6 is 0 Å². The lowest BCUT2D eigenvalue weighted by Crippen LogP contribution is -2.32. The predicted octanol–water partition coefficient (Wildman–Crippen LogP) is 1.89. The number of halogens is 1. The second-order valence-electron chi connectivity index (χ2n) is 5.20. The van der Waals surface area contributed by atoms with Gasteiger partial charge >= 0.3 is 16.6 Å². The molecule has 0 fully saturated rings. The van der Waals surface area contributed by atoms with Crippen molar-refractivity contribution in [3.63, 3.8) is 0 Å². The fraction of sp³-hybridized carbons (Fsp3) is 0.417. The average molecular weight is 320 g/mol. The van der Waals surface area contributed by atoms with Gasteiger partial charge in [0.05, 0.1) is 5.69 Å². The fourth-order valence-corrected chi connectivity index (χ4v) is 1.75. The van der Waals surface area contributed by atoms with Crippen LogP contribution in [-0.4, -0.2) is 20.1 Å². The zero-order valence-electron chi connectivity index (χ0n) is 11.8. The first-order chi connectivity index (χ1) is 9.46. The molecule has 1 amide bonds. The van der Waals surface area contributed by atoms with Gasteiger partial charge in [0.2, 0.25) is 0 Å². The topological polar surface area (TPSA) is 108 Å². The average Bonchev–Trinajstić information content (AvgIpc) is 2.26. The Morgan fingerprint density at radius 2 is 2.00 bits per heavy atom. The van der Waals surface area contributed by atoms with Gasteiger partial charge in [-0.25, -0.2) is 4.79 Å². The van der Waals surface area contributed by atoms with E-state index < -0.39 is 22.2 Å². The number of carbonyl (C=O) groups excluding carboxylic acids is 1. The molecule has 0 aliphatic carbocycles. The number of rotatable bonds is 4. The molecule has 0 unspecified atom stereocenters. The number of nitrogens with one attached hydrogen (secondary N) is 1. The van der Waals surface area contributed by atoms with Gasteiger partial charge in [0.15, 0.2) is 5.75 Å². The molecule has 21 heavy (non-hydrogen) atoms. The number of amides is 1. The smallest absolute Gasteiger partial charge is 0.444 e. The van der Waals surface area contributed by atoms with Crippen molar-refractivity contribution in [1.29, 1.82) is 0 Å². The Bertz CT molecular complexity index is 625. The van der Waals surface area contributed by atoms with E-state index in [0.29, 0.717) is 5.56 Å². The van der Waals surface area contributed by atoms with E-state index in [2.05, 4.69) is 9.50 Å². The quantitative estimate of drug-likeness (QED) is 0.648. The second-order valence-corrected chi connectivity index (χ2v) is 6.16. The van der Waals surface area contributed by atoms with Gasteiger partial charge in [0, 0.05) is 6.54 Å². The molecule has 0 spiro atoms. The van der Waals surface area contributed by atoms with Gasteiger partial charge in [-0.2, -0.15) is 8.42 Å². The predicted molar refractivity (Wildman–Crippen MR) is 74.6 cm³/mol. The van der Waals surface area contributed by atoms with E-state index in [-0.39, 0.29) is 18.0 Å². The maximum Gasteiger partial charge on any atom is 0.488 e. The third-order valence-corrected chi connectivity index (χ3v) is 2.48. The summed E-state index contributed by atoms with van der Waals surface area (Å²) in [7, 11) is -5.13. The van der Waals surface area contributed by atoms with E-state index in [0.717, 1.165) is 0 Å². The summed E-state index contributed by atoms with van der Waals surface area (Å²) in [6, 6.07) is 3.99. The van der Waals surface area contributed by atoms with E-state index in [9.17, 15) is 17.1 Å². The molecule has 118 valence electrons. The highest BCUT2D eigenvalue weighted by Crippen LogP contribution is 2.24. The Labute approximate surface area is 122 Å². The Morgan fingerprint density at radius 3 is 2.48 bits per heavy atom. The van der Waals surface area contributed by atoms with Crippen molar-refractivity contribution in [3.8, 4) is 5.75 Å². The molecule has 0 bridgehead atoms. The number of anilines is 1. The van der Waals surface area contributed by atoms with Crippen molar-refractivity contribution in [2.24, 2.45) is 0 Å². The summed E-state index contributed by atoms with van der Waals surface area (Å²) in [6.07, 6.45) is -0.604. The monoisotopic (exact) mass is 320 g/mol. The van der Waals surface area contributed by atoms with Crippen LogP contribution in [-0.2, 0) is 21.8 Å². The van der Waals surface area contributed by atoms with Crippen molar-refractivity contribution in [2.45, 2.75) is 32.9 Å². The van der Waals surface area contributed by atoms with Crippen LogP contribution in [0.3, 0.4) is 0 Å². The largest absolute Gasteiger partial charge is 0.488 e. The highest BCUT2D eigenvalue weighted by atomic mass is 32.3. The maximum atomic E-state index is 12.4. The minimum atomic E-state index is -5.13. The molecule has 1 rings (SSSR count). The molecule has 3 N–H and O–H groups in total. The van der Waals surface area contributed by atoms with Gasteiger partial charge in [-0.3, -0.25) is 0 Å². The molecule has 0 aliphatic rings. The van der Waals surface area contributed by atoms with Gasteiger partial charge in [0.1, 0.15) is 5.60 Å². The molecule has 9 heteroatoms. The molecule has 0 saturated carbocycles. The second kappa shape index (κ2) is 6.17. The molecular formula is C12H17FN2O5S. The number of nitrogen functional groups attached to an aromatic ring is 1. The van der Waals surface area contributed by atoms with Crippen LogP contribution in [0.1, 0.15) is 26.3 Å². The minimum absolute atomic E-state index is 0.0697. The molecule has 7 nitrogen and oxygen atoms in total. The van der Waals surface area contributed by atoms with Crippen molar-refractivity contribution in [2.75, 3.05) is 5.73 Å². The van der Waals surface area contributed by atoms with Crippen LogP contribution in [0, 0.1) is 0 Å². The number of carbonyl (C=O) groups is 1. The molecule has 1 aromatic rings. The third-order valence-electron chi connectivity index (χ3n) is 2.10. The highest BCUT2D eigenvalue weighted by molar-refractivity contribution is 7.81. The Morgan fingerprint density at radius 1 is 1.38 bits per heavy atom. The molecule has 0 heterocycles. The molecular weight excluding hydrogens is 303 g/mol. The van der Waals surface area contributed by atoms with E-state index >= 15 is 0 Å². The Hall–Kier alpha value is -2.03. The van der Waals surface area contributed by atoms with Gasteiger partial charge in [-0.15, -0.1) is 0 Å². The van der Waals surface area contributed by atoms with Gasteiger partial charge in [-0.05, 0) is 38.5 Å². The van der Waals surface area contributed by atoms with Crippen LogP contribution < -0.4 is 15.2 Å². The van der Waals surface area contributed by atoms with Crippen LogP contribution in [0.2, 0.25) is 0 Å². The fourth-order valence-electron chi connectivity index (χ4n) is 1.38. The minimum Gasteiger partial charge on any atom is -0.444 e. The number of ether oxygens (including phenoxy) is 1. The number of hydrogen-bond donors (Lipinski definition) is 2. The summed E-state index contributed by atoms with van der Waals surface area (Å²) in [6.45, 7) is 5.30. The number of alkyl carbamates (subject to hydrolysis) is 1. The lowest BCUT2D eigenvalue weighted by molar-refractivity contribution is 0.0523. The molecule has 0 saturated heterocycles. The summed E-state index contributed by atoms with van der Waals surface area (Å²) < 4.78 is 42.2. The normalized spacial score (nSPS) is 11.8. The number of benzene rings is 1. The molecule has 0 aliphatic heterocycles.